The number of carbonyl (C=O) groups excluding carboxylic acids is 2. The highest BCUT2D eigenvalue weighted by molar-refractivity contribution is 6.78. The fourth-order valence-electron chi connectivity index (χ4n) is 1.88. The summed E-state index contributed by atoms with van der Waals surface area (Å²) in [6, 6.07) is 0. The van der Waals surface area contributed by atoms with Crippen LogP contribution in [0.25, 0.3) is 0 Å². The van der Waals surface area contributed by atoms with Crippen LogP contribution in [0.4, 0.5) is 0 Å². The quantitative estimate of drug-likeness (QED) is 0.387. The van der Waals surface area contributed by atoms with Crippen LogP contribution >= 0.6 is 0 Å². The first-order chi connectivity index (χ1) is 5.79. The molecule has 0 aromatic carbocycles. The van der Waals surface area contributed by atoms with Crippen LogP contribution in [-0.2, 0) is 9.59 Å². The van der Waals surface area contributed by atoms with Crippen molar-refractivity contribution in [3.63, 3.8) is 0 Å². The summed E-state index contributed by atoms with van der Waals surface area (Å²) >= 11 is 0. The first kappa shape index (κ1) is 10.6. The fraction of sp³-hybridized carbons (Fsp3) is 0.800. The molecular formula is C10H18O2Si. The SMILES string of the molecule is CC1(C=O)C[C@H]([Si](C)(C)C)CC1=O. The maximum absolute atomic E-state index is 11.6. The third-order valence-electron chi connectivity index (χ3n) is 3.22. The van der Waals surface area contributed by atoms with Crippen molar-refractivity contribution in [3.05, 3.63) is 0 Å². The Morgan fingerprint density at radius 3 is 2.23 bits per heavy atom. The van der Waals surface area contributed by atoms with E-state index >= 15 is 0 Å². The zero-order valence-corrected chi connectivity index (χ0v) is 9.89. The number of hydrogen-bond acceptors (Lipinski definition) is 2. The van der Waals surface area contributed by atoms with E-state index < -0.39 is 13.5 Å². The standard InChI is InChI=1S/C10H18O2Si/c1-10(7-11)6-8(5-9(10)12)13(2,3)4/h7-8H,5-6H2,1-4H3/t8-,10?/m1/s1. The topological polar surface area (TPSA) is 34.1 Å². The van der Waals surface area contributed by atoms with Crippen molar-refractivity contribution in [1.82, 2.24) is 0 Å². The molecule has 1 aliphatic rings. The Balaban J connectivity index is 2.83. The summed E-state index contributed by atoms with van der Waals surface area (Å²) in [5.74, 6) is 0.148. The van der Waals surface area contributed by atoms with E-state index in [1.165, 1.54) is 0 Å². The number of hydrogen-bond donors (Lipinski definition) is 0. The minimum atomic E-state index is -1.25. The fourth-order valence-corrected chi connectivity index (χ4v) is 3.72. The Labute approximate surface area is 80.7 Å². The van der Waals surface area contributed by atoms with Crippen LogP contribution in [-0.4, -0.2) is 20.1 Å². The molecule has 0 radical (unpaired) electrons. The largest absolute Gasteiger partial charge is 0.302 e. The van der Waals surface area contributed by atoms with Gasteiger partial charge in [-0.1, -0.05) is 19.6 Å². The third-order valence-corrected chi connectivity index (χ3v) is 6.08. The number of ketones is 1. The third kappa shape index (κ3) is 1.90. The van der Waals surface area contributed by atoms with Gasteiger partial charge in [-0.05, 0) is 18.9 Å². The molecule has 74 valence electrons. The molecule has 2 nitrogen and oxygen atoms in total. The van der Waals surface area contributed by atoms with E-state index in [2.05, 4.69) is 19.6 Å². The molecule has 1 saturated carbocycles. The first-order valence-electron chi connectivity index (χ1n) is 4.79. The van der Waals surface area contributed by atoms with Crippen molar-refractivity contribution in [1.29, 1.82) is 0 Å². The maximum atomic E-state index is 11.6. The lowest BCUT2D eigenvalue weighted by molar-refractivity contribution is -0.130. The van der Waals surface area contributed by atoms with Gasteiger partial charge >= 0.3 is 0 Å². The number of aldehydes is 1. The average molecular weight is 198 g/mol. The summed E-state index contributed by atoms with van der Waals surface area (Å²) in [4.78, 5) is 22.4. The molecule has 1 rings (SSSR count). The molecule has 0 saturated heterocycles. The van der Waals surface area contributed by atoms with Gasteiger partial charge in [-0.3, -0.25) is 4.79 Å². The molecule has 0 amide bonds. The van der Waals surface area contributed by atoms with Gasteiger partial charge in [0.25, 0.3) is 0 Å². The lowest BCUT2D eigenvalue weighted by Gasteiger charge is -2.24. The highest BCUT2D eigenvalue weighted by Crippen LogP contribution is 2.45. The minimum Gasteiger partial charge on any atom is -0.302 e. The zero-order valence-electron chi connectivity index (χ0n) is 8.89. The normalized spacial score (nSPS) is 35.1. The van der Waals surface area contributed by atoms with Crippen LogP contribution in [0.15, 0.2) is 0 Å². The minimum absolute atomic E-state index is 0.148. The first-order valence-corrected chi connectivity index (χ1v) is 8.37. The van der Waals surface area contributed by atoms with E-state index in [1.807, 2.05) is 0 Å². The Kier molecular flexibility index (Phi) is 2.49. The molecule has 1 aliphatic carbocycles. The Morgan fingerprint density at radius 1 is 1.46 bits per heavy atom. The van der Waals surface area contributed by atoms with Crippen molar-refractivity contribution in [3.8, 4) is 0 Å². The maximum Gasteiger partial charge on any atom is 0.145 e. The molecule has 0 N–H and O–H groups in total. The summed E-state index contributed by atoms with van der Waals surface area (Å²) in [6.45, 7) is 8.58. The second-order valence-electron chi connectivity index (χ2n) is 5.43. The zero-order chi connectivity index (χ0) is 10.3. The molecule has 0 aromatic heterocycles. The molecule has 0 spiro atoms. The highest BCUT2D eigenvalue weighted by Gasteiger charge is 2.46. The molecule has 0 aliphatic heterocycles. The van der Waals surface area contributed by atoms with Crippen LogP contribution in [0.2, 0.25) is 25.2 Å². The highest BCUT2D eigenvalue weighted by atomic mass is 28.3. The Morgan fingerprint density at radius 2 is 2.00 bits per heavy atom. The van der Waals surface area contributed by atoms with Gasteiger partial charge in [-0.2, -0.15) is 0 Å². The van der Waals surface area contributed by atoms with E-state index in [9.17, 15) is 9.59 Å². The Bertz CT molecular complexity index is 242. The van der Waals surface area contributed by atoms with Crippen LogP contribution < -0.4 is 0 Å². The van der Waals surface area contributed by atoms with Gasteiger partial charge in [-0.15, -0.1) is 0 Å². The average Bonchev–Trinajstić information content (AvgIpc) is 2.29. The van der Waals surface area contributed by atoms with E-state index in [4.69, 9.17) is 0 Å². The van der Waals surface area contributed by atoms with Crippen molar-refractivity contribution in [2.24, 2.45) is 5.41 Å². The molecule has 1 fully saturated rings. The van der Waals surface area contributed by atoms with Gasteiger partial charge in [0.1, 0.15) is 12.1 Å². The summed E-state index contributed by atoms with van der Waals surface area (Å²) in [6.07, 6.45) is 2.26. The number of rotatable bonds is 2. The molecule has 3 heteroatoms. The van der Waals surface area contributed by atoms with Gasteiger partial charge in [0, 0.05) is 14.5 Å². The Hall–Kier alpha value is -0.443. The van der Waals surface area contributed by atoms with Crippen molar-refractivity contribution in [2.75, 3.05) is 0 Å². The van der Waals surface area contributed by atoms with Gasteiger partial charge in [-0.25, -0.2) is 0 Å². The second-order valence-corrected chi connectivity index (χ2v) is 11.0. The van der Waals surface area contributed by atoms with E-state index in [0.717, 1.165) is 12.7 Å². The predicted octanol–water partition coefficient (Wildman–Crippen LogP) is 2.26. The second kappa shape index (κ2) is 3.05. The molecule has 1 unspecified atom stereocenters. The molecule has 0 aromatic rings. The van der Waals surface area contributed by atoms with Crippen molar-refractivity contribution in [2.45, 2.75) is 44.9 Å². The number of Topliss-reactive ketones (excluding diaryl/α,β-unsaturated/α-hetero) is 1. The predicted molar refractivity (Wildman–Crippen MR) is 55.5 cm³/mol. The van der Waals surface area contributed by atoms with Crippen LogP contribution in [0.5, 0.6) is 0 Å². The van der Waals surface area contributed by atoms with Crippen molar-refractivity contribution < 1.29 is 9.59 Å². The van der Waals surface area contributed by atoms with Gasteiger partial charge in [0.15, 0.2) is 0 Å². The van der Waals surface area contributed by atoms with Crippen molar-refractivity contribution >= 4 is 20.1 Å². The summed E-state index contributed by atoms with van der Waals surface area (Å²) in [5, 5.41) is 0. The van der Waals surface area contributed by atoms with E-state index in [1.54, 1.807) is 6.92 Å². The van der Waals surface area contributed by atoms with E-state index in [0.29, 0.717) is 12.0 Å². The smallest absolute Gasteiger partial charge is 0.145 e. The lowest BCUT2D eigenvalue weighted by atomic mass is 9.90. The molecule has 0 heterocycles. The van der Waals surface area contributed by atoms with Gasteiger partial charge in [0.2, 0.25) is 0 Å². The number of carbonyl (C=O) groups is 2. The molecule has 0 bridgehead atoms. The summed E-state index contributed by atoms with van der Waals surface area (Å²) in [7, 11) is -1.25. The monoisotopic (exact) mass is 198 g/mol. The van der Waals surface area contributed by atoms with Crippen LogP contribution in [0.1, 0.15) is 19.8 Å². The molecule has 2 atom stereocenters. The molecule has 13 heavy (non-hydrogen) atoms. The van der Waals surface area contributed by atoms with Crippen LogP contribution in [0.3, 0.4) is 0 Å². The van der Waals surface area contributed by atoms with Gasteiger partial charge < -0.3 is 4.79 Å². The molecular weight excluding hydrogens is 180 g/mol. The van der Waals surface area contributed by atoms with Gasteiger partial charge in [0.05, 0.1) is 5.41 Å². The van der Waals surface area contributed by atoms with Crippen LogP contribution in [0, 0.1) is 5.41 Å². The summed E-state index contributed by atoms with van der Waals surface area (Å²) in [5.41, 5.74) is -0.166. The lowest BCUT2D eigenvalue weighted by Crippen LogP contribution is -2.27. The summed E-state index contributed by atoms with van der Waals surface area (Å²) < 4.78 is 0. The van der Waals surface area contributed by atoms with E-state index in [-0.39, 0.29) is 5.78 Å².